The van der Waals surface area contributed by atoms with Crippen molar-refractivity contribution >= 4 is 45.1 Å². The molecule has 0 radical (unpaired) electrons. The highest BCUT2D eigenvalue weighted by Gasteiger charge is 2.26. The monoisotopic (exact) mass is 604 g/mol. The summed E-state index contributed by atoms with van der Waals surface area (Å²) in [6.45, 7) is 5.45. The third kappa shape index (κ3) is 4.89. The van der Waals surface area contributed by atoms with Crippen LogP contribution in [-0.2, 0) is 0 Å². The van der Waals surface area contributed by atoms with Gasteiger partial charge in [0.1, 0.15) is 0 Å². The molecular formula is C26H29IN4O5. The number of nitrogens with zero attached hydrogens (tertiary/aromatic N) is 4. The first-order valence-corrected chi connectivity index (χ1v) is 12.9. The molecule has 0 saturated carbocycles. The SMILES string of the molecule is COc1cc(I)c(C(=O)N(CCN2CCN(C)CC2)c2ccnc3cc4c(cc23)OCO4)cc1OC. The third-order valence-electron chi connectivity index (χ3n) is 6.69. The lowest BCUT2D eigenvalue weighted by molar-refractivity contribution is 0.0977. The minimum absolute atomic E-state index is 0.111. The van der Waals surface area contributed by atoms with Gasteiger partial charge >= 0.3 is 0 Å². The molecule has 0 unspecified atom stereocenters. The van der Waals surface area contributed by atoms with Crippen molar-refractivity contribution in [3.8, 4) is 23.0 Å². The average molecular weight is 604 g/mol. The molecule has 1 aromatic heterocycles. The Hall–Kier alpha value is -2.83. The van der Waals surface area contributed by atoms with E-state index in [0.29, 0.717) is 35.1 Å². The van der Waals surface area contributed by atoms with Crippen molar-refractivity contribution in [1.29, 1.82) is 0 Å². The fourth-order valence-corrected chi connectivity index (χ4v) is 5.23. The lowest BCUT2D eigenvalue weighted by atomic mass is 10.1. The second-order valence-electron chi connectivity index (χ2n) is 8.84. The van der Waals surface area contributed by atoms with Gasteiger partial charge in [-0.25, -0.2) is 0 Å². The van der Waals surface area contributed by atoms with Crippen molar-refractivity contribution in [2.45, 2.75) is 0 Å². The van der Waals surface area contributed by atoms with Gasteiger partial charge in [-0.2, -0.15) is 0 Å². The summed E-state index contributed by atoms with van der Waals surface area (Å²) in [4.78, 5) is 25.3. The summed E-state index contributed by atoms with van der Waals surface area (Å²) < 4.78 is 22.9. The predicted octanol–water partition coefficient (Wildman–Crippen LogP) is 3.48. The Morgan fingerprint density at radius 3 is 2.47 bits per heavy atom. The van der Waals surface area contributed by atoms with E-state index in [9.17, 15) is 4.79 Å². The van der Waals surface area contributed by atoms with E-state index in [4.69, 9.17) is 18.9 Å². The number of piperazine rings is 1. The van der Waals surface area contributed by atoms with Crippen molar-refractivity contribution in [3.63, 3.8) is 0 Å². The summed E-state index contributed by atoms with van der Waals surface area (Å²) in [6, 6.07) is 9.25. The third-order valence-corrected chi connectivity index (χ3v) is 7.58. The van der Waals surface area contributed by atoms with Crippen LogP contribution in [0.3, 0.4) is 0 Å². The number of pyridine rings is 1. The van der Waals surface area contributed by atoms with Crippen LogP contribution >= 0.6 is 22.6 Å². The zero-order valence-corrected chi connectivity index (χ0v) is 22.8. The molecule has 190 valence electrons. The maximum absolute atomic E-state index is 14.2. The maximum atomic E-state index is 14.2. The molecule has 0 aliphatic carbocycles. The number of amides is 1. The average Bonchev–Trinajstić information content (AvgIpc) is 3.35. The standard InChI is InChI=1S/C26H29IN4O5/c1-29-6-8-30(9-7-29)10-11-31(26(32)17-12-22(33-2)23(34-3)14-19(17)27)21-4-5-28-20-15-25-24(13-18(20)21)35-16-36-25/h4-5,12-15H,6-11,16H2,1-3H3. The molecule has 0 atom stereocenters. The highest BCUT2D eigenvalue weighted by atomic mass is 127. The number of hydrogen-bond donors (Lipinski definition) is 0. The molecule has 1 saturated heterocycles. The summed E-state index contributed by atoms with van der Waals surface area (Å²) in [5, 5.41) is 0.837. The number of fused-ring (bicyclic) bond motifs is 2. The number of aromatic nitrogens is 1. The number of carbonyl (C=O) groups is 1. The topological polar surface area (TPSA) is 76.6 Å². The highest BCUT2D eigenvalue weighted by Crippen LogP contribution is 2.39. The molecule has 0 spiro atoms. The van der Waals surface area contributed by atoms with Crippen LogP contribution in [0, 0.1) is 3.57 Å². The molecule has 1 fully saturated rings. The summed E-state index contributed by atoms with van der Waals surface area (Å²) >= 11 is 2.18. The lowest BCUT2D eigenvalue weighted by Crippen LogP contribution is -2.47. The molecule has 10 heteroatoms. The van der Waals surface area contributed by atoms with Crippen LogP contribution in [0.1, 0.15) is 10.4 Å². The summed E-state index contributed by atoms with van der Waals surface area (Å²) in [6.07, 6.45) is 1.73. The van der Waals surface area contributed by atoms with E-state index in [2.05, 4.69) is 44.4 Å². The molecule has 3 heterocycles. The second-order valence-corrected chi connectivity index (χ2v) is 10.0. The van der Waals surface area contributed by atoms with Gasteiger partial charge < -0.3 is 28.7 Å². The summed E-state index contributed by atoms with van der Waals surface area (Å²) in [5.41, 5.74) is 2.08. The molecule has 9 nitrogen and oxygen atoms in total. The Morgan fingerprint density at radius 1 is 1.06 bits per heavy atom. The Labute approximate surface area is 224 Å². The van der Waals surface area contributed by atoms with Crippen LogP contribution in [0.25, 0.3) is 10.9 Å². The van der Waals surface area contributed by atoms with Gasteiger partial charge in [0.15, 0.2) is 23.0 Å². The minimum atomic E-state index is -0.111. The Balaban J connectivity index is 1.55. The number of rotatable bonds is 7. The van der Waals surface area contributed by atoms with Crippen molar-refractivity contribution < 1.29 is 23.7 Å². The van der Waals surface area contributed by atoms with Crippen LogP contribution in [0.15, 0.2) is 36.5 Å². The first-order valence-electron chi connectivity index (χ1n) is 11.8. The number of carbonyl (C=O) groups excluding carboxylic acids is 1. The number of benzene rings is 2. The lowest BCUT2D eigenvalue weighted by Gasteiger charge is -2.34. The maximum Gasteiger partial charge on any atom is 0.259 e. The van der Waals surface area contributed by atoms with Crippen LogP contribution in [0.2, 0.25) is 0 Å². The number of methoxy groups -OCH3 is 2. The summed E-state index contributed by atoms with van der Waals surface area (Å²) in [5.74, 6) is 2.31. The number of halogens is 1. The van der Waals surface area contributed by atoms with Gasteiger partial charge in [0.05, 0.1) is 31.0 Å². The Bertz CT molecular complexity index is 1280. The van der Waals surface area contributed by atoms with E-state index in [1.54, 1.807) is 26.5 Å². The van der Waals surface area contributed by atoms with E-state index in [1.807, 2.05) is 29.2 Å². The van der Waals surface area contributed by atoms with Gasteiger partial charge in [0, 0.05) is 60.5 Å². The zero-order valence-electron chi connectivity index (χ0n) is 20.6. The fourth-order valence-electron chi connectivity index (χ4n) is 4.56. The van der Waals surface area contributed by atoms with E-state index < -0.39 is 0 Å². The van der Waals surface area contributed by atoms with Crippen LogP contribution in [-0.4, -0.2) is 88.0 Å². The number of likely N-dealkylation sites (N-methyl/N-ethyl adjacent to an activating group) is 1. The quantitative estimate of drug-likeness (QED) is 0.380. The molecule has 2 aliphatic rings. The van der Waals surface area contributed by atoms with Crippen molar-refractivity contribution in [2.24, 2.45) is 0 Å². The summed E-state index contributed by atoms with van der Waals surface area (Å²) in [7, 11) is 5.30. The first-order chi connectivity index (χ1) is 17.5. The van der Waals surface area contributed by atoms with Gasteiger partial charge in [-0.1, -0.05) is 0 Å². The largest absolute Gasteiger partial charge is 0.493 e. The highest BCUT2D eigenvalue weighted by molar-refractivity contribution is 14.1. The zero-order chi connectivity index (χ0) is 25.2. The first kappa shape index (κ1) is 24.8. The molecule has 2 aromatic carbocycles. The van der Waals surface area contributed by atoms with Gasteiger partial charge in [-0.15, -0.1) is 0 Å². The number of anilines is 1. The Morgan fingerprint density at radius 2 is 1.75 bits per heavy atom. The molecule has 5 rings (SSSR count). The fraction of sp³-hybridized carbons (Fsp3) is 0.385. The van der Waals surface area contributed by atoms with E-state index in [0.717, 1.165) is 52.9 Å². The van der Waals surface area contributed by atoms with Gasteiger partial charge in [0.25, 0.3) is 5.91 Å². The van der Waals surface area contributed by atoms with Crippen molar-refractivity contribution in [2.75, 3.05) is 72.2 Å². The van der Waals surface area contributed by atoms with Gasteiger partial charge in [-0.3, -0.25) is 14.7 Å². The minimum Gasteiger partial charge on any atom is -0.493 e. The molecular weight excluding hydrogens is 575 g/mol. The molecule has 1 amide bonds. The Kier molecular flexibility index (Phi) is 7.35. The van der Waals surface area contributed by atoms with E-state index in [-0.39, 0.29) is 12.7 Å². The van der Waals surface area contributed by atoms with E-state index >= 15 is 0 Å². The van der Waals surface area contributed by atoms with Crippen LogP contribution in [0.5, 0.6) is 23.0 Å². The number of ether oxygens (including phenoxy) is 4. The van der Waals surface area contributed by atoms with Crippen LogP contribution < -0.4 is 23.8 Å². The van der Waals surface area contributed by atoms with Crippen LogP contribution in [0.4, 0.5) is 5.69 Å². The van der Waals surface area contributed by atoms with Crippen molar-refractivity contribution in [3.05, 3.63) is 45.7 Å². The molecule has 2 aliphatic heterocycles. The normalized spacial score (nSPS) is 15.8. The number of hydrogen-bond acceptors (Lipinski definition) is 8. The molecule has 0 bridgehead atoms. The molecule has 0 N–H and O–H groups in total. The van der Waals surface area contributed by atoms with Gasteiger partial charge in [-0.05, 0) is 53.9 Å². The molecule has 3 aromatic rings. The smallest absolute Gasteiger partial charge is 0.259 e. The van der Waals surface area contributed by atoms with Crippen molar-refractivity contribution in [1.82, 2.24) is 14.8 Å². The van der Waals surface area contributed by atoms with E-state index in [1.165, 1.54) is 0 Å². The molecule has 36 heavy (non-hydrogen) atoms. The predicted molar refractivity (Wildman–Crippen MR) is 146 cm³/mol. The second kappa shape index (κ2) is 10.7. The van der Waals surface area contributed by atoms with Gasteiger partial charge in [0.2, 0.25) is 6.79 Å².